The van der Waals surface area contributed by atoms with E-state index >= 15 is 0 Å². The zero-order valence-corrected chi connectivity index (χ0v) is 14.3. The van der Waals surface area contributed by atoms with Crippen LogP contribution < -0.4 is 10.0 Å². The van der Waals surface area contributed by atoms with Gasteiger partial charge in [-0.05, 0) is 43.0 Å². The van der Waals surface area contributed by atoms with Crippen LogP contribution in [0, 0.1) is 5.92 Å². The minimum atomic E-state index is -3.47. The largest absolute Gasteiger partial charge is 0.335 e. The van der Waals surface area contributed by atoms with Gasteiger partial charge in [-0.3, -0.25) is 0 Å². The molecule has 1 aliphatic heterocycles. The number of carbonyl (C=O) groups is 1. The Morgan fingerprint density at radius 1 is 1.39 bits per heavy atom. The smallest absolute Gasteiger partial charge is 0.317 e. The topological polar surface area (TPSA) is 78.5 Å². The highest BCUT2D eigenvalue weighted by molar-refractivity contribution is 7.89. The second-order valence-electron chi connectivity index (χ2n) is 6.23. The molecular weight excluding hydrogens is 314 g/mol. The van der Waals surface area contributed by atoms with Crippen LogP contribution in [0.25, 0.3) is 0 Å². The monoisotopic (exact) mass is 337 g/mol. The molecule has 0 radical (unpaired) electrons. The number of urea groups is 1. The van der Waals surface area contributed by atoms with Gasteiger partial charge in [0.15, 0.2) is 0 Å². The molecule has 2 amide bonds. The van der Waals surface area contributed by atoms with Crippen molar-refractivity contribution in [3.63, 3.8) is 0 Å². The molecule has 2 aliphatic rings. The van der Waals surface area contributed by atoms with Crippen LogP contribution in [-0.4, -0.2) is 39.0 Å². The Morgan fingerprint density at radius 2 is 2.17 bits per heavy atom. The molecule has 0 spiro atoms. The first kappa shape index (κ1) is 16.3. The van der Waals surface area contributed by atoms with Gasteiger partial charge < -0.3 is 10.2 Å². The van der Waals surface area contributed by atoms with Crippen LogP contribution in [0.4, 0.5) is 4.79 Å². The quantitative estimate of drug-likeness (QED) is 0.873. The van der Waals surface area contributed by atoms with Crippen LogP contribution in [0.1, 0.15) is 30.9 Å². The molecule has 0 unspecified atom stereocenters. The van der Waals surface area contributed by atoms with Gasteiger partial charge in [0, 0.05) is 19.1 Å². The van der Waals surface area contributed by atoms with Gasteiger partial charge in [0.2, 0.25) is 10.0 Å². The first-order valence-electron chi connectivity index (χ1n) is 8.06. The highest BCUT2D eigenvalue weighted by Crippen LogP contribution is 2.33. The SMILES string of the molecule is CC[C@@H]1C[C@H]1NC(=O)N1CCc2c(cccc2S(=O)(=O)NC)C1. The number of benzene rings is 1. The Balaban J connectivity index is 1.74. The van der Waals surface area contributed by atoms with E-state index in [9.17, 15) is 13.2 Å². The second-order valence-corrected chi connectivity index (χ2v) is 8.09. The number of nitrogens with one attached hydrogen (secondary N) is 2. The van der Waals surface area contributed by atoms with Gasteiger partial charge in [-0.2, -0.15) is 0 Å². The number of fused-ring (bicyclic) bond motifs is 1. The number of hydrogen-bond donors (Lipinski definition) is 2. The molecule has 1 heterocycles. The van der Waals surface area contributed by atoms with E-state index in [-0.39, 0.29) is 6.03 Å². The molecule has 2 atom stereocenters. The lowest BCUT2D eigenvalue weighted by Gasteiger charge is -2.30. The summed E-state index contributed by atoms with van der Waals surface area (Å²) in [7, 11) is -2.05. The van der Waals surface area contributed by atoms with Crippen LogP contribution >= 0.6 is 0 Å². The van der Waals surface area contributed by atoms with Gasteiger partial charge in [-0.1, -0.05) is 25.5 Å². The molecule has 7 heteroatoms. The fraction of sp³-hybridized carbons (Fsp3) is 0.562. The average Bonchev–Trinajstić information content (AvgIpc) is 3.31. The summed E-state index contributed by atoms with van der Waals surface area (Å²) in [5.74, 6) is 0.614. The summed E-state index contributed by atoms with van der Waals surface area (Å²) in [5.41, 5.74) is 1.73. The number of hydrogen-bond acceptors (Lipinski definition) is 3. The Labute approximate surface area is 137 Å². The Kier molecular flexibility index (Phi) is 4.33. The zero-order valence-electron chi connectivity index (χ0n) is 13.5. The molecule has 1 aromatic rings. The number of sulfonamides is 1. The lowest BCUT2D eigenvalue weighted by Crippen LogP contribution is -2.44. The van der Waals surface area contributed by atoms with Crippen molar-refractivity contribution in [1.82, 2.24) is 14.9 Å². The molecule has 23 heavy (non-hydrogen) atoms. The van der Waals surface area contributed by atoms with E-state index in [1.165, 1.54) is 7.05 Å². The van der Waals surface area contributed by atoms with Gasteiger partial charge in [0.25, 0.3) is 0 Å². The summed E-state index contributed by atoms with van der Waals surface area (Å²) in [5, 5.41) is 3.07. The molecule has 1 fully saturated rings. The third-order valence-electron chi connectivity index (χ3n) is 4.82. The van der Waals surface area contributed by atoms with Crippen molar-refractivity contribution in [2.75, 3.05) is 13.6 Å². The summed E-state index contributed by atoms with van der Waals surface area (Å²) in [6.45, 7) is 3.13. The van der Waals surface area contributed by atoms with Gasteiger partial charge >= 0.3 is 6.03 Å². The molecule has 1 aliphatic carbocycles. The van der Waals surface area contributed by atoms with Crippen LogP contribution in [-0.2, 0) is 23.0 Å². The van der Waals surface area contributed by atoms with E-state index in [0.717, 1.165) is 24.0 Å². The molecule has 1 aromatic carbocycles. The van der Waals surface area contributed by atoms with Crippen molar-refractivity contribution in [3.05, 3.63) is 29.3 Å². The summed E-state index contributed by atoms with van der Waals surface area (Å²) in [4.78, 5) is 14.4. The molecule has 2 N–H and O–H groups in total. The minimum absolute atomic E-state index is 0.0431. The molecule has 0 saturated heterocycles. The normalized spacial score (nSPS) is 23.3. The highest BCUT2D eigenvalue weighted by atomic mass is 32.2. The molecule has 1 saturated carbocycles. The van der Waals surface area contributed by atoms with Gasteiger partial charge in [0.1, 0.15) is 0 Å². The standard InChI is InChI=1S/C16H23N3O3S/c1-3-11-9-14(11)18-16(20)19-8-7-13-12(10-19)5-4-6-15(13)23(21,22)17-2/h4-6,11,14,17H,3,7-10H2,1-2H3,(H,18,20)/t11-,14-/m1/s1. The zero-order chi connectivity index (χ0) is 16.6. The van der Waals surface area contributed by atoms with E-state index in [4.69, 9.17) is 0 Å². The van der Waals surface area contributed by atoms with Crippen molar-refractivity contribution in [2.45, 2.75) is 43.7 Å². The third-order valence-corrected chi connectivity index (χ3v) is 6.32. The van der Waals surface area contributed by atoms with Crippen LogP contribution in [0.3, 0.4) is 0 Å². The molecule has 126 valence electrons. The third kappa shape index (κ3) is 3.21. The lowest BCUT2D eigenvalue weighted by molar-refractivity contribution is 0.191. The maximum atomic E-state index is 12.3. The van der Waals surface area contributed by atoms with E-state index in [1.807, 2.05) is 6.07 Å². The number of amides is 2. The first-order valence-corrected chi connectivity index (χ1v) is 9.54. The maximum Gasteiger partial charge on any atom is 0.317 e. The second kappa shape index (κ2) is 6.13. The minimum Gasteiger partial charge on any atom is -0.335 e. The lowest BCUT2D eigenvalue weighted by atomic mass is 10.00. The fourth-order valence-electron chi connectivity index (χ4n) is 3.23. The fourth-order valence-corrected chi connectivity index (χ4v) is 4.27. The van der Waals surface area contributed by atoms with Gasteiger partial charge in [-0.25, -0.2) is 17.9 Å². The van der Waals surface area contributed by atoms with Crippen molar-refractivity contribution >= 4 is 16.1 Å². The summed E-state index contributed by atoms with van der Waals surface area (Å²) >= 11 is 0. The maximum absolute atomic E-state index is 12.3. The Hall–Kier alpha value is -1.60. The average molecular weight is 337 g/mol. The predicted octanol–water partition coefficient (Wildman–Crippen LogP) is 1.46. The van der Waals surface area contributed by atoms with E-state index < -0.39 is 10.0 Å². The molecule has 0 aromatic heterocycles. The number of carbonyl (C=O) groups excluding carboxylic acids is 1. The van der Waals surface area contributed by atoms with Crippen molar-refractivity contribution < 1.29 is 13.2 Å². The summed E-state index contributed by atoms with van der Waals surface area (Å²) in [6, 6.07) is 5.52. The van der Waals surface area contributed by atoms with Crippen LogP contribution in [0.2, 0.25) is 0 Å². The van der Waals surface area contributed by atoms with Crippen molar-refractivity contribution in [3.8, 4) is 0 Å². The van der Waals surface area contributed by atoms with Crippen LogP contribution in [0.15, 0.2) is 23.1 Å². The molecule has 0 bridgehead atoms. The van der Waals surface area contributed by atoms with Gasteiger partial charge in [0.05, 0.1) is 4.90 Å². The van der Waals surface area contributed by atoms with Crippen LogP contribution in [0.5, 0.6) is 0 Å². The molecule has 6 nitrogen and oxygen atoms in total. The molecular formula is C16H23N3O3S. The molecule has 3 rings (SSSR count). The predicted molar refractivity (Wildman–Crippen MR) is 87.5 cm³/mol. The van der Waals surface area contributed by atoms with Crippen molar-refractivity contribution in [2.24, 2.45) is 5.92 Å². The van der Waals surface area contributed by atoms with E-state index in [1.54, 1.807) is 17.0 Å². The van der Waals surface area contributed by atoms with Gasteiger partial charge in [-0.15, -0.1) is 0 Å². The summed E-state index contributed by atoms with van der Waals surface area (Å²) in [6.07, 6.45) is 2.72. The first-order chi connectivity index (χ1) is 11.0. The Bertz CT molecular complexity index is 717. The number of rotatable bonds is 4. The Morgan fingerprint density at radius 3 is 2.83 bits per heavy atom. The van der Waals surface area contributed by atoms with Crippen molar-refractivity contribution in [1.29, 1.82) is 0 Å². The number of nitrogens with zero attached hydrogens (tertiary/aromatic N) is 1. The van der Waals surface area contributed by atoms with E-state index in [0.29, 0.717) is 36.4 Å². The highest BCUT2D eigenvalue weighted by Gasteiger charge is 2.37. The van der Waals surface area contributed by atoms with E-state index in [2.05, 4.69) is 17.0 Å². The summed E-state index contributed by atoms with van der Waals surface area (Å²) < 4.78 is 26.6.